The molecule has 0 saturated heterocycles. The van der Waals surface area contributed by atoms with Gasteiger partial charge in [-0.15, -0.1) is 0 Å². The maximum Gasteiger partial charge on any atom is 0.106 e. The van der Waals surface area contributed by atoms with Gasteiger partial charge in [0.15, 0.2) is 0 Å². The molecule has 0 aromatic heterocycles. The Balaban J connectivity index is 2.27. The minimum Gasteiger partial charge on any atom is -0.550 e. The second-order valence-electron chi connectivity index (χ2n) is 4.88. The lowest BCUT2D eigenvalue weighted by Gasteiger charge is -2.13. The zero-order chi connectivity index (χ0) is 15.0. The Kier molecular flexibility index (Phi) is 7.01. The van der Waals surface area contributed by atoms with E-state index in [-0.39, 0.29) is 6.42 Å². The Hall–Kier alpha value is -1.62. The van der Waals surface area contributed by atoms with Crippen LogP contribution in [0.25, 0.3) is 0 Å². The summed E-state index contributed by atoms with van der Waals surface area (Å²) in [4.78, 5) is 13.0. The molecule has 0 saturated carbocycles. The summed E-state index contributed by atoms with van der Waals surface area (Å²) in [6.07, 6.45) is 2.57. The number of carboxylic acid groups (broad SMARTS) is 1. The molecule has 0 unspecified atom stereocenters. The maximum atomic E-state index is 10.2. The average molecular weight is 293 g/mol. The summed E-state index contributed by atoms with van der Waals surface area (Å²) in [5.74, 6) is -0.977. The fourth-order valence-corrected chi connectivity index (χ4v) is 2.02. The molecule has 110 valence electrons. The van der Waals surface area contributed by atoms with E-state index in [1.807, 2.05) is 43.3 Å². The number of benzene rings is 1. The van der Waals surface area contributed by atoms with E-state index in [9.17, 15) is 9.90 Å². The van der Waals surface area contributed by atoms with Crippen LogP contribution in [0.15, 0.2) is 24.3 Å². The van der Waals surface area contributed by atoms with Crippen LogP contribution < -0.4 is 15.3 Å². The van der Waals surface area contributed by atoms with Crippen LogP contribution in [0.4, 0.5) is 5.69 Å². The first kappa shape index (κ1) is 16.4. The standard InChI is InChI=1S/C15H22N2O2S/c1-17(2)13-9-7-12(8-10-13)15(20)16-11-5-3-4-6-14(18)19/h7-10H,3-6,11H2,1-2H3,(H,16,20)(H,18,19)/p-1. The van der Waals surface area contributed by atoms with Crippen molar-refractivity contribution in [2.24, 2.45) is 0 Å². The summed E-state index contributed by atoms with van der Waals surface area (Å²) in [5.41, 5.74) is 2.14. The van der Waals surface area contributed by atoms with E-state index in [2.05, 4.69) is 5.32 Å². The zero-order valence-corrected chi connectivity index (χ0v) is 12.8. The van der Waals surface area contributed by atoms with Crippen molar-refractivity contribution in [2.75, 3.05) is 25.5 Å². The van der Waals surface area contributed by atoms with Crippen LogP contribution in [0.3, 0.4) is 0 Å². The molecule has 0 fully saturated rings. The Labute approximate surface area is 125 Å². The molecule has 20 heavy (non-hydrogen) atoms. The van der Waals surface area contributed by atoms with E-state index in [1.54, 1.807) is 0 Å². The number of carbonyl (C=O) groups excluding carboxylic acids is 1. The molecular formula is C15H21N2O2S-. The number of aliphatic carboxylic acids is 1. The van der Waals surface area contributed by atoms with Crippen molar-refractivity contribution < 1.29 is 9.90 Å². The van der Waals surface area contributed by atoms with Gasteiger partial charge in [0.2, 0.25) is 0 Å². The Morgan fingerprint density at radius 2 is 1.85 bits per heavy atom. The highest BCUT2D eigenvalue weighted by Crippen LogP contribution is 2.12. The van der Waals surface area contributed by atoms with Gasteiger partial charge in [-0.3, -0.25) is 0 Å². The lowest BCUT2D eigenvalue weighted by Crippen LogP contribution is -2.24. The molecule has 0 aliphatic heterocycles. The topological polar surface area (TPSA) is 55.4 Å². The molecule has 0 aliphatic carbocycles. The predicted molar refractivity (Wildman–Crippen MR) is 83.9 cm³/mol. The quantitative estimate of drug-likeness (QED) is 0.579. The van der Waals surface area contributed by atoms with Gasteiger partial charge in [-0.1, -0.05) is 18.6 Å². The number of nitrogens with zero attached hydrogens (tertiary/aromatic N) is 1. The summed E-state index contributed by atoms with van der Waals surface area (Å²) in [5, 5.41) is 13.4. The minimum absolute atomic E-state index is 0.135. The first-order valence-electron chi connectivity index (χ1n) is 6.76. The molecule has 1 N–H and O–H groups in total. The first-order valence-corrected chi connectivity index (χ1v) is 7.17. The van der Waals surface area contributed by atoms with Gasteiger partial charge in [0.25, 0.3) is 0 Å². The molecular weight excluding hydrogens is 272 g/mol. The smallest absolute Gasteiger partial charge is 0.106 e. The van der Waals surface area contributed by atoms with Gasteiger partial charge in [0, 0.05) is 37.9 Å². The minimum atomic E-state index is -0.977. The van der Waals surface area contributed by atoms with Crippen LogP contribution in [-0.2, 0) is 4.79 Å². The van der Waals surface area contributed by atoms with Gasteiger partial charge in [0.1, 0.15) is 4.99 Å². The summed E-state index contributed by atoms with van der Waals surface area (Å²) < 4.78 is 0. The van der Waals surface area contributed by atoms with Gasteiger partial charge in [-0.2, -0.15) is 0 Å². The van der Waals surface area contributed by atoms with Gasteiger partial charge >= 0.3 is 0 Å². The van der Waals surface area contributed by atoms with Crippen molar-refractivity contribution >= 4 is 28.9 Å². The molecule has 4 nitrogen and oxygen atoms in total. The van der Waals surface area contributed by atoms with E-state index in [1.165, 1.54) is 0 Å². The predicted octanol–water partition coefficient (Wildman–Crippen LogP) is 1.33. The number of anilines is 1. The average Bonchev–Trinajstić information content (AvgIpc) is 2.42. The van der Waals surface area contributed by atoms with Crippen LogP contribution in [0, 0.1) is 0 Å². The van der Waals surface area contributed by atoms with Crippen LogP contribution in [-0.4, -0.2) is 31.6 Å². The number of rotatable bonds is 8. The van der Waals surface area contributed by atoms with Crippen LogP contribution in [0.5, 0.6) is 0 Å². The van der Waals surface area contributed by atoms with Gasteiger partial charge < -0.3 is 20.1 Å². The van der Waals surface area contributed by atoms with E-state index in [4.69, 9.17) is 12.2 Å². The highest BCUT2D eigenvalue weighted by molar-refractivity contribution is 7.80. The van der Waals surface area contributed by atoms with E-state index >= 15 is 0 Å². The van der Waals surface area contributed by atoms with Crippen molar-refractivity contribution in [3.8, 4) is 0 Å². The monoisotopic (exact) mass is 293 g/mol. The number of hydrogen-bond donors (Lipinski definition) is 1. The summed E-state index contributed by atoms with van der Waals surface area (Å²) in [6, 6.07) is 8.06. The fraction of sp³-hybridized carbons (Fsp3) is 0.467. The summed E-state index contributed by atoms with van der Waals surface area (Å²) >= 11 is 5.32. The number of thiocarbonyl (C=S) groups is 1. The van der Waals surface area contributed by atoms with Crippen molar-refractivity contribution in [3.05, 3.63) is 29.8 Å². The molecule has 1 aromatic carbocycles. The van der Waals surface area contributed by atoms with Crippen molar-refractivity contribution in [1.29, 1.82) is 0 Å². The van der Waals surface area contributed by atoms with Crippen molar-refractivity contribution in [2.45, 2.75) is 25.7 Å². The van der Waals surface area contributed by atoms with E-state index in [0.29, 0.717) is 6.42 Å². The molecule has 0 heterocycles. The van der Waals surface area contributed by atoms with Gasteiger partial charge in [-0.05, 0) is 43.5 Å². The maximum absolute atomic E-state index is 10.2. The second kappa shape index (κ2) is 8.53. The molecule has 1 aromatic rings. The molecule has 0 atom stereocenters. The van der Waals surface area contributed by atoms with E-state index < -0.39 is 5.97 Å². The zero-order valence-electron chi connectivity index (χ0n) is 12.0. The highest BCUT2D eigenvalue weighted by Gasteiger charge is 2.01. The van der Waals surface area contributed by atoms with Gasteiger partial charge in [-0.25, -0.2) is 0 Å². The molecule has 0 spiro atoms. The van der Waals surface area contributed by atoms with Crippen LogP contribution >= 0.6 is 12.2 Å². The largest absolute Gasteiger partial charge is 0.550 e. The SMILES string of the molecule is CN(C)c1ccc(C(=S)NCCCCCC(=O)[O-])cc1. The third kappa shape index (κ3) is 6.02. The number of carbonyl (C=O) groups is 1. The second-order valence-corrected chi connectivity index (χ2v) is 5.29. The lowest BCUT2D eigenvalue weighted by atomic mass is 10.1. The first-order chi connectivity index (χ1) is 9.50. The Morgan fingerprint density at radius 3 is 2.40 bits per heavy atom. The third-order valence-corrected chi connectivity index (χ3v) is 3.37. The molecule has 0 amide bonds. The summed E-state index contributed by atoms with van der Waals surface area (Å²) in [6.45, 7) is 0.765. The third-order valence-electron chi connectivity index (χ3n) is 2.99. The molecule has 1 rings (SSSR count). The van der Waals surface area contributed by atoms with Crippen LogP contribution in [0.1, 0.15) is 31.2 Å². The molecule has 0 aliphatic rings. The normalized spacial score (nSPS) is 10.1. The number of carboxylic acids is 1. The number of nitrogens with one attached hydrogen (secondary N) is 1. The fourth-order valence-electron chi connectivity index (χ4n) is 1.79. The Bertz CT molecular complexity index is 444. The number of hydrogen-bond acceptors (Lipinski definition) is 4. The van der Waals surface area contributed by atoms with Crippen molar-refractivity contribution in [3.63, 3.8) is 0 Å². The lowest BCUT2D eigenvalue weighted by molar-refractivity contribution is -0.305. The van der Waals surface area contributed by atoms with Crippen LogP contribution in [0.2, 0.25) is 0 Å². The van der Waals surface area contributed by atoms with E-state index in [0.717, 1.165) is 35.6 Å². The Morgan fingerprint density at radius 1 is 1.20 bits per heavy atom. The molecule has 0 radical (unpaired) electrons. The highest BCUT2D eigenvalue weighted by atomic mass is 32.1. The number of unbranched alkanes of at least 4 members (excludes halogenated alkanes) is 2. The molecule has 0 bridgehead atoms. The van der Waals surface area contributed by atoms with Gasteiger partial charge in [0.05, 0.1) is 0 Å². The summed E-state index contributed by atoms with van der Waals surface area (Å²) in [7, 11) is 4.00. The van der Waals surface area contributed by atoms with Crippen molar-refractivity contribution in [1.82, 2.24) is 5.32 Å². The molecule has 5 heteroatoms.